The average Bonchev–Trinajstić information content (AvgIpc) is 0.746. The number of carbonyl (C=O) groups is 9. The number of ether oxygens (including phenoxy) is 6. The molecule has 29 nitrogen and oxygen atoms in total. The van der Waals surface area contributed by atoms with Crippen molar-refractivity contribution in [1.29, 1.82) is 0 Å². The summed E-state index contributed by atoms with van der Waals surface area (Å²) in [7, 11) is -4.33. The van der Waals surface area contributed by atoms with Crippen molar-refractivity contribution in [3.05, 3.63) is 22.3 Å². The molecule has 0 saturated carbocycles. The van der Waals surface area contributed by atoms with E-state index in [1.54, 1.807) is 159 Å². The van der Waals surface area contributed by atoms with Gasteiger partial charge in [-0.3, -0.25) is 38.6 Å². The first kappa shape index (κ1) is 88.2. The highest BCUT2D eigenvalue weighted by molar-refractivity contribution is 7.90. The molecule has 1 aromatic carbocycles. The number of carboxylic acid groups (broad SMARTS) is 1. The van der Waals surface area contributed by atoms with E-state index in [4.69, 9.17) is 34.2 Å². The largest absolute Gasteiger partial charge is 0.487 e. The number of carboxylic acids is 1. The number of hydrogen-bond acceptors (Lipinski definition) is 18. The molecule has 0 saturated heterocycles. The molecule has 10 atom stereocenters. The third kappa shape index (κ3) is 31.3. The molecule has 0 aliphatic carbocycles. The Bertz CT molecular complexity index is 3120. The second-order valence-corrected chi connectivity index (χ2v) is 33.2. The van der Waals surface area contributed by atoms with Crippen LogP contribution in [-0.4, -0.2) is 187 Å². The summed E-state index contributed by atoms with van der Waals surface area (Å²) in [5, 5.41) is 30.9. The number of benzene rings is 1. The molecule has 1 aromatic rings. The Kier molecular flexibility index (Phi) is 32.6. The third-order valence-electron chi connectivity index (χ3n) is 15.5. The van der Waals surface area contributed by atoms with Crippen molar-refractivity contribution >= 4 is 69.4 Å². The van der Waals surface area contributed by atoms with Gasteiger partial charge >= 0.3 is 12.1 Å². The molecule has 0 bridgehead atoms. The van der Waals surface area contributed by atoms with Crippen molar-refractivity contribution in [3.63, 3.8) is 0 Å². The lowest BCUT2D eigenvalue weighted by molar-refractivity contribution is -0.146. The number of guanidine groups is 1. The highest BCUT2D eigenvalue weighted by Gasteiger charge is 2.40. The van der Waals surface area contributed by atoms with Crippen LogP contribution in [0, 0.1) is 32.6 Å². The molecule has 1 aliphatic rings. The number of alkyl carbamates (subject to hydrolysis) is 1. The van der Waals surface area contributed by atoms with E-state index in [1.807, 2.05) is 13.8 Å². The maximum atomic E-state index is 15.0. The Morgan fingerprint density at radius 1 is 0.596 bits per heavy atom. The number of sulfonamides is 1. The predicted molar refractivity (Wildman–Crippen MR) is 376 cm³/mol. The zero-order chi connectivity index (χ0) is 76.5. The van der Waals surface area contributed by atoms with Gasteiger partial charge < -0.3 is 81.8 Å². The fraction of sp³-hybridized carbons (Fsp3) is 0.768. The number of rotatable bonds is 34. The number of hydrogen-bond donors (Lipinski definition) is 11. The number of aliphatic imine (C=N–C) groups is 1. The first-order valence-electron chi connectivity index (χ1n) is 34.1. The molecule has 99 heavy (non-hydrogen) atoms. The van der Waals surface area contributed by atoms with Crippen molar-refractivity contribution in [2.75, 3.05) is 26.3 Å². The molecule has 2 unspecified atom stereocenters. The van der Waals surface area contributed by atoms with Crippen LogP contribution in [0.25, 0.3) is 0 Å². The molecule has 1 heterocycles. The highest BCUT2D eigenvalue weighted by atomic mass is 32.2. The molecule has 566 valence electrons. The molecule has 0 fully saturated rings. The first-order valence-corrected chi connectivity index (χ1v) is 35.5. The number of amides is 8. The molecule has 2 rings (SSSR count). The Labute approximate surface area is 587 Å². The van der Waals surface area contributed by atoms with Crippen LogP contribution in [0.4, 0.5) is 4.79 Å². The summed E-state index contributed by atoms with van der Waals surface area (Å²) >= 11 is 0. The maximum Gasteiger partial charge on any atom is 0.408 e. The van der Waals surface area contributed by atoms with Crippen molar-refractivity contribution in [2.24, 2.45) is 22.6 Å². The van der Waals surface area contributed by atoms with Crippen LogP contribution in [-0.2, 0) is 78.5 Å². The number of fused-ring (bicyclic) bond motifs is 1. The van der Waals surface area contributed by atoms with Gasteiger partial charge in [0.25, 0.3) is 10.0 Å². The van der Waals surface area contributed by atoms with E-state index in [-0.39, 0.29) is 43.0 Å². The lowest BCUT2D eigenvalue weighted by atomic mass is 9.88. The molecular formula is C69H121N11O18S. The van der Waals surface area contributed by atoms with E-state index in [0.29, 0.717) is 35.3 Å². The summed E-state index contributed by atoms with van der Waals surface area (Å²) in [6, 6.07) is -10.2. The average molecular weight is 1420 g/mol. The summed E-state index contributed by atoms with van der Waals surface area (Å²) in [6.45, 7) is 43.1. The van der Waals surface area contributed by atoms with Gasteiger partial charge in [0.1, 0.15) is 53.2 Å². The van der Waals surface area contributed by atoms with Crippen molar-refractivity contribution in [1.82, 2.24) is 47.3 Å². The van der Waals surface area contributed by atoms with Crippen LogP contribution < -0.4 is 57.7 Å². The van der Waals surface area contributed by atoms with Gasteiger partial charge in [-0.25, -0.2) is 22.7 Å². The molecule has 12 N–H and O–H groups in total. The van der Waals surface area contributed by atoms with Crippen molar-refractivity contribution in [2.45, 2.75) is 312 Å². The van der Waals surface area contributed by atoms with Crippen LogP contribution in [0.3, 0.4) is 0 Å². The molecule has 0 spiro atoms. The fourth-order valence-corrected chi connectivity index (χ4v) is 12.0. The second-order valence-electron chi connectivity index (χ2n) is 31.6. The topological polar surface area (TPSA) is 410 Å². The summed E-state index contributed by atoms with van der Waals surface area (Å²) in [4.78, 5) is 131. The standard InChI is InChI=1S/C69H121N11O18S/c1-27-38(4)50(59(86)78-51(42(8)95-66(16,17)18)58(85)72-34-49(81)73-47(35-93-64(10,11)12)57(84)76-48(61(88)89)36-94-65(13,14)15)77-55(82)45(29-28-32-71-62(70)80-99(91,92)54-40(6)39(5)53-44(41(54)7)30-31-69(25,26)97-53)74-56(83)46(33-37(2)3)75-60(87)52(43(9)96-67(19,20)21)79-63(90)98-68(22,23)24/h37-38,42-43,45-48,50-52H,27-36H2,1-26H3,(H,72,85)(H,73,81)(H,74,83)(H,75,87)(H,76,84)(H,77,82)(H,78,86)(H,79,90)(H,88,89)(H3,70,71,80)/t38?,42-,43?,45+,46-,47-,48-,50-,51-,52-/m0/s1. The quantitative estimate of drug-likeness (QED) is 0.0239. The predicted octanol–water partition coefficient (Wildman–Crippen LogP) is 5.22. The van der Waals surface area contributed by atoms with E-state index >= 15 is 4.79 Å². The van der Waals surface area contributed by atoms with Crippen LogP contribution >= 0.6 is 0 Å². The van der Waals surface area contributed by atoms with Crippen LogP contribution in [0.5, 0.6) is 5.75 Å². The van der Waals surface area contributed by atoms with Crippen molar-refractivity contribution in [3.8, 4) is 5.75 Å². The Balaban J connectivity index is 2.69. The monoisotopic (exact) mass is 1420 g/mol. The van der Waals surface area contributed by atoms with Gasteiger partial charge in [0.2, 0.25) is 47.3 Å². The fourth-order valence-electron chi connectivity index (χ4n) is 10.5. The molecule has 0 radical (unpaired) electrons. The summed E-state index contributed by atoms with van der Waals surface area (Å²) in [5.41, 5.74) is 4.05. The molecule has 30 heteroatoms. The van der Waals surface area contributed by atoms with Gasteiger partial charge in [0, 0.05) is 6.54 Å². The van der Waals surface area contributed by atoms with Crippen LogP contribution in [0.2, 0.25) is 0 Å². The number of aliphatic carboxylic acids is 1. The van der Waals surface area contributed by atoms with Gasteiger partial charge in [-0.2, -0.15) is 0 Å². The summed E-state index contributed by atoms with van der Waals surface area (Å²) < 4.78 is 66.2. The summed E-state index contributed by atoms with van der Waals surface area (Å²) in [5.74, 6) is -8.29. The second kappa shape index (κ2) is 36.6. The minimum Gasteiger partial charge on any atom is -0.487 e. The molecule has 8 amide bonds. The minimum atomic E-state index is -4.33. The maximum absolute atomic E-state index is 15.0. The zero-order valence-corrected chi connectivity index (χ0v) is 64.6. The van der Waals surface area contributed by atoms with E-state index in [0.717, 1.165) is 5.56 Å². The van der Waals surface area contributed by atoms with Crippen LogP contribution in [0.1, 0.15) is 214 Å². The third-order valence-corrected chi connectivity index (χ3v) is 17.1. The van der Waals surface area contributed by atoms with E-state index < -0.39 is 183 Å². The van der Waals surface area contributed by atoms with E-state index in [1.165, 1.54) is 6.92 Å². The molecule has 1 aliphatic heterocycles. The Morgan fingerprint density at radius 3 is 1.57 bits per heavy atom. The van der Waals surface area contributed by atoms with Crippen molar-refractivity contribution < 1.29 is 85.1 Å². The number of carbonyl (C=O) groups excluding carboxylic acids is 8. The molecule has 0 aromatic heterocycles. The van der Waals surface area contributed by atoms with E-state index in [2.05, 4.69) is 52.2 Å². The van der Waals surface area contributed by atoms with Gasteiger partial charge in [-0.15, -0.1) is 0 Å². The SMILES string of the molecule is CCC(C)[C@H](NC(=O)[C@@H](CCCN=C(N)NS(=O)(=O)c1c(C)c(C)c2c(c1C)CCC(C)(C)O2)NC(=O)[C@H](CC(C)C)NC(=O)[C@@H](NC(=O)OC(C)(C)C)C(C)OC(C)(C)C)C(=O)N[C@H](C(=O)NCC(=O)N[C@@H](COC(C)(C)C)C(=O)N[C@@H](COC(C)(C)C)C(=O)O)[C@H](C)OC(C)(C)C. The number of nitrogens with one attached hydrogen (secondary N) is 9. The normalized spacial score (nSPS) is 16.8. The Morgan fingerprint density at radius 2 is 1.07 bits per heavy atom. The number of nitrogens with two attached hydrogens (primary N) is 1. The number of nitrogens with zero attached hydrogens (tertiary/aromatic N) is 1. The first-order chi connectivity index (χ1) is 45.0. The lowest BCUT2D eigenvalue weighted by Crippen LogP contribution is -2.62. The molecular weight excluding hydrogens is 1300 g/mol. The smallest absolute Gasteiger partial charge is 0.408 e. The van der Waals surface area contributed by atoms with Gasteiger partial charge in [0.05, 0.1) is 59.3 Å². The van der Waals surface area contributed by atoms with Gasteiger partial charge in [-0.1, -0.05) is 34.1 Å². The van der Waals surface area contributed by atoms with Gasteiger partial charge in [-0.05, 0) is 219 Å². The zero-order valence-electron chi connectivity index (χ0n) is 63.7. The minimum absolute atomic E-state index is 0.0223. The van der Waals surface area contributed by atoms with Gasteiger partial charge in [0.15, 0.2) is 6.04 Å². The highest BCUT2D eigenvalue weighted by Crippen LogP contribution is 2.42. The lowest BCUT2D eigenvalue weighted by Gasteiger charge is -2.35. The Hall–Kier alpha value is -6.89. The van der Waals surface area contributed by atoms with E-state index in [9.17, 15) is 51.9 Å². The summed E-state index contributed by atoms with van der Waals surface area (Å²) in [6.07, 6.45) is -1.70. The van der Waals surface area contributed by atoms with Crippen LogP contribution in [0.15, 0.2) is 9.89 Å².